The van der Waals surface area contributed by atoms with E-state index in [1.54, 1.807) is 7.11 Å². The molecule has 104 valence electrons. The maximum absolute atomic E-state index is 5.26. The molecule has 0 saturated heterocycles. The fourth-order valence-corrected chi connectivity index (χ4v) is 3.19. The van der Waals surface area contributed by atoms with Crippen LogP contribution in [0, 0.1) is 21.0 Å². The number of aliphatic imine (C=N–C) groups is 1. The van der Waals surface area contributed by atoms with Crippen LogP contribution >= 0.6 is 45.2 Å². The molecule has 2 nitrogen and oxygen atoms in total. The smallest absolute Gasteiger partial charge is 0.132 e. The van der Waals surface area contributed by atoms with E-state index in [0.29, 0.717) is 0 Å². The summed E-state index contributed by atoms with van der Waals surface area (Å²) in [4.78, 5) is 4.60. The van der Waals surface area contributed by atoms with Crippen molar-refractivity contribution < 1.29 is 4.74 Å². The number of aryl methyl sites for hydroxylation is 2. The van der Waals surface area contributed by atoms with Crippen LogP contribution < -0.4 is 4.74 Å². The van der Waals surface area contributed by atoms with Gasteiger partial charge in [-0.3, -0.25) is 4.99 Å². The molecule has 0 aromatic heterocycles. The molecule has 2 aromatic carbocycles. The van der Waals surface area contributed by atoms with Crippen LogP contribution in [-0.2, 0) is 0 Å². The van der Waals surface area contributed by atoms with Gasteiger partial charge in [0.2, 0.25) is 0 Å². The molecule has 20 heavy (non-hydrogen) atoms. The van der Waals surface area contributed by atoms with Crippen LogP contribution in [0.2, 0.25) is 0 Å². The molecule has 0 heterocycles. The van der Waals surface area contributed by atoms with Gasteiger partial charge in [0.05, 0.1) is 16.4 Å². The summed E-state index contributed by atoms with van der Waals surface area (Å²) in [6, 6.07) is 10.3. The van der Waals surface area contributed by atoms with E-state index in [9.17, 15) is 0 Å². The maximum atomic E-state index is 5.26. The Morgan fingerprint density at radius 1 is 1.00 bits per heavy atom. The number of rotatable bonds is 3. The van der Waals surface area contributed by atoms with E-state index in [4.69, 9.17) is 4.74 Å². The fourth-order valence-electron chi connectivity index (χ4n) is 1.81. The Labute approximate surface area is 146 Å². The van der Waals surface area contributed by atoms with E-state index < -0.39 is 0 Å². The number of nitrogens with zero attached hydrogens (tertiary/aromatic N) is 1. The van der Waals surface area contributed by atoms with Gasteiger partial charge in [-0.15, -0.1) is 0 Å². The number of ether oxygens (including phenoxy) is 1. The van der Waals surface area contributed by atoms with Crippen LogP contribution in [0.25, 0.3) is 0 Å². The van der Waals surface area contributed by atoms with Crippen LogP contribution in [-0.4, -0.2) is 13.3 Å². The van der Waals surface area contributed by atoms with Crippen molar-refractivity contribution in [1.29, 1.82) is 0 Å². The molecule has 4 heteroatoms. The molecule has 0 fully saturated rings. The lowest BCUT2D eigenvalue weighted by molar-refractivity contribution is 0.412. The van der Waals surface area contributed by atoms with Gasteiger partial charge < -0.3 is 4.74 Å². The highest BCUT2D eigenvalue weighted by Crippen LogP contribution is 2.25. The molecule has 0 spiro atoms. The first-order valence-corrected chi connectivity index (χ1v) is 8.31. The molecule has 0 unspecified atom stereocenters. The highest BCUT2D eigenvalue weighted by molar-refractivity contribution is 14.1. The van der Waals surface area contributed by atoms with Gasteiger partial charge in [-0.25, -0.2) is 0 Å². The second-order valence-corrected chi connectivity index (χ2v) is 6.86. The molecule has 0 radical (unpaired) electrons. The zero-order valence-electron chi connectivity index (χ0n) is 11.6. The van der Waals surface area contributed by atoms with Gasteiger partial charge >= 0.3 is 0 Å². The summed E-state index contributed by atoms with van der Waals surface area (Å²) in [5.41, 5.74) is 4.55. The molecule has 0 bridgehead atoms. The first-order valence-electron chi connectivity index (χ1n) is 6.15. The minimum Gasteiger partial charge on any atom is -0.496 e. The predicted molar refractivity (Wildman–Crippen MR) is 102 cm³/mol. The molecule has 0 amide bonds. The zero-order valence-corrected chi connectivity index (χ0v) is 15.9. The average Bonchev–Trinajstić information content (AvgIpc) is 2.41. The summed E-state index contributed by atoms with van der Waals surface area (Å²) in [6.45, 7) is 4.20. The minimum atomic E-state index is 0.893. The van der Waals surface area contributed by atoms with E-state index in [0.717, 1.165) is 20.6 Å². The number of hydrogen-bond acceptors (Lipinski definition) is 2. The normalized spacial score (nSPS) is 11.1. The highest BCUT2D eigenvalue weighted by atomic mass is 127. The first-order chi connectivity index (χ1) is 9.51. The van der Waals surface area contributed by atoms with Gasteiger partial charge in [0.1, 0.15) is 5.75 Å². The van der Waals surface area contributed by atoms with Gasteiger partial charge in [0.25, 0.3) is 0 Å². The van der Waals surface area contributed by atoms with E-state index >= 15 is 0 Å². The Morgan fingerprint density at radius 2 is 1.75 bits per heavy atom. The molecule has 0 aliphatic carbocycles. The molecule has 0 aliphatic rings. The van der Waals surface area contributed by atoms with Crippen LogP contribution in [0.15, 0.2) is 35.3 Å². The summed E-state index contributed by atoms with van der Waals surface area (Å²) in [5.74, 6) is 0.893. The second-order valence-electron chi connectivity index (χ2n) is 4.54. The summed E-state index contributed by atoms with van der Waals surface area (Å²) >= 11 is 4.62. The number of methoxy groups -OCH3 is 1. The lowest BCUT2D eigenvalue weighted by Crippen LogP contribution is -1.89. The topological polar surface area (TPSA) is 21.6 Å². The summed E-state index contributed by atoms with van der Waals surface area (Å²) in [6.07, 6.45) is 1.90. The fraction of sp³-hybridized carbons (Fsp3) is 0.188. The number of hydrogen-bond donors (Lipinski definition) is 0. The number of halogens is 2. The van der Waals surface area contributed by atoms with Gasteiger partial charge in [0.15, 0.2) is 0 Å². The zero-order chi connectivity index (χ0) is 14.7. The van der Waals surface area contributed by atoms with Gasteiger partial charge in [-0.2, -0.15) is 0 Å². The van der Waals surface area contributed by atoms with Crippen molar-refractivity contribution in [2.75, 3.05) is 7.11 Å². The third-order valence-corrected chi connectivity index (χ3v) is 5.01. The monoisotopic (exact) mass is 491 g/mol. The largest absolute Gasteiger partial charge is 0.496 e. The Hall–Kier alpha value is -0.630. The van der Waals surface area contributed by atoms with E-state index in [1.165, 1.54) is 14.7 Å². The molecular weight excluding hydrogens is 476 g/mol. The summed E-state index contributed by atoms with van der Waals surface area (Å²) < 4.78 is 7.62. The van der Waals surface area contributed by atoms with Crippen molar-refractivity contribution in [3.8, 4) is 5.75 Å². The van der Waals surface area contributed by atoms with Gasteiger partial charge in [0, 0.05) is 9.78 Å². The minimum absolute atomic E-state index is 0.893. The predicted octanol–water partition coefficient (Wildman–Crippen LogP) is 5.27. The quantitative estimate of drug-likeness (QED) is 0.424. The van der Waals surface area contributed by atoms with Crippen LogP contribution in [0.3, 0.4) is 0 Å². The number of benzene rings is 2. The third kappa shape index (κ3) is 3.72. The van der Waals surface area contributed by atoms with Crippen molar-refractivity contribution >= 4 is 57.1 Å². The Balaban J connectivity index is 2.30. The average molecular weight is 491 g/mol. The third-order valence-electron chi connectivity index (χ3n) is 3.01. The molecule has 0 atom stereocenters. The standard InChI is InChI=1S/C16H15I2NO/c1-10-7-15(11(2)6-13(10)17)19-9-12-4-5-16(20-3)14(18)8-12/h4-9H,1-3H3. The molecule has 0 N–H and O–H groups in total. The highest BCUT2D eigenvalue weighted by Gasteiger charge is 2.02. The lowest BCUT2D eigenvalue weighted by atomic mass is 10.1. The summed E-state index contributed by atoms with van der Waals surface area (Å²) in [7, 11) is 1.68. The van der Waals surface area contributed by atoms with Crippen molar-refractivity contribution in [2.45, 2.75) is 13.8 Å². The van der Waals surface area contributed by atoms with E-state index in [-0.39, 0.29) is 0 Å². The molecule has 2 aromatic rings. The Bertz CT molecular complexity index is 666. The van der Waals surface area contributed by atoms with Crippen molar-refractivity contribution in [3.63, 3.8) is 0 Å². The summed E-state index contributed by atoms with van der Waals surface area (Å²) in [5, 5.41) is 0. The first kappa shape index (κ1) is 15.8. The Morgan fingerprint density at radius 3 is 2.40 bits per heavy atom. The van der Waals surface area contributed by atoms with Crippen molar-refractivity contribution in [1.82, 2.24) is 0 Å². The van der Waals surface area contributed by atoms with Crippen molar-refractivity contribution in [3.05, 3.63) is 54.2 Å². The SMILES string of the molecule is COc1ccc(C=Nc2cc(C)c(I)cc2C)cc1I. The van der Waals surface area contributed by atoms with Crippen LogP contribution in [0.5, 0.6) is 5.75 Å². The van der Waals surface area contributed by atoms with E-state index in [1.807, 2.05) is 18.3 Å². The second kappa shape index (κ2) is 6.89. The lowest BCUT2D eigenvalue weighted by Gasteiger charge is -2.05. The molecule has 2 rings (SSSR count). The molecule has 0 saturated carbocycles. The van der Waals surface area contributed by atoms with Crippen molar-refractivity contribution in [2.24, 2.45) is 4.99 Å². The molecule has 0 aliphatic heterocycles. The Kier molecular flexibility index (Phi) is 5.42. The van der Waals surface area contributed by atoms with Gasteiger partial charge in [-0.1, -0.05) is 0 Å². The van der Waals surface area contributed by atoms with Crippen LogP contribution in [0.1, 0.15) is 16.7 Å². The maximum Gasteiger partial charge on any atom is 0.132 e. The van der Waals surface area contributed by atoms with Gasteiger partial charge in [-0.05, 0) is 106 Å². The van der Waals surface area contributed by atoms with Crippen LogP contribution in [0.4, 0.5) is 5.69 Å². The van der Waals surface area contributed by atoms with E-state index in [2.05, 4.69) is 82.2 Å². The molecular formula is C16H15I2NO.